The molecule has 0 N–H and O–H groups in total. The van der Waals surface area contributed by atoms with E-state index >= 15 is 0 Å². The number of hydrogen-bond donors (Lipinski definition) is 0. The van der Waals surface area contributed by atoms with E-state index in [-0.39, 0.29) is 0 Å². The Balaban J connectivity index is 0.000000442. The molecular weight excluding hydrogens is 180 g/mol. The predicted molar refractivity (Wildman–Crippen MR) is 71.1 cm³/mol. The summed E-state index contributed by atoms with van der Waals surface area (Å²) in [5.74, 6) is 0. The highest BCUT2D eigenvalue weighted by Gasteiger charge is 2.08. The summed E-state index contributed by atoms with van der Waals surface area (Å²) in [5.41, 5.74) is 3.17. The molecule has 0 saturated heterocycles. The first-order valence-electron chi connectivity index (χ1n) is 6.53. The van der Waals surface area contributed by atoms with E-state index in [2.05, 4.69) is 24.3 Å². The van der Waals surface area contributed by atoms with E-state index in [1.807, 2.05) is 27.7 Å². The standard InChI is InChI=1S/C11H14.2C2H6/c1-2-6-10(7-3-1)11-8-4-5-9-11;2*1-2/h4-5,8-9H,1-3,6-7H2;2*1-2H3. The SMILES string of the molecule is C1=CC(=C2CCCCC2)C=C1.CC.CC. The second-order valence-corrected chi connectivity index (χ2v) is 3.34. The van der Waals surface area contributed by atoms with Crippen LogP contribution in [0.4, 0.5) is 0 Å². The quantitative estimate of drug-likeness (QED) is 0.496. The molecule has 86 valence electrons. The molecule has 0 aromatic rings. The minimum atomic E-state index is 1.34. The highest BCUT2D eigenvalue weighted by molar-refractivity contribution is 5.43. The molecule has 2 rings (SSSR count). The van der Waals surface area contributed by atoms with Gasteiger partial charge < -0.3 is 0 Å². The largest absolute Gasteiger partial charge is 0.0683 e. The molecule has 0 radical (unpaired) electrons. The molecular formula is C15H26. The minimum Gasteiger partial charge on any atom is -0.0683 e. The molecule has 1 saturated carbocycles. The second-order valence-electron chi connectivity index (χ2n) is 3.34. The topological polar surface area (TPSA) is 0 Å². The van der Waals surface area contributed by atoms with Crippen LogP contribution in [0.15, 0.2) is 35.5 Å². The van der Waals surface area contributed by atoms with Gasteiger partial charge in [-0.15, -0.1) is 0 Å². The lowest BCUT2D eigenvalue weighted by Crippen LogP contribution is -1.95. The summed E-state index contributed by atoms with van der Waals surface area (Å²) in [4.78, 5) is 0. The van der Waals surface area contributed by atoms with Crippen molar-refractivity contribution >= 4 is 0 Å². The third-order valence-electron chi connectivity index (χ3n) is 2.53. The summed E-state index contributed by atoms with van der Waals surface area (Å²) in [5, 5.41) is 0. The van der Waals surface area contributed by atoms with Crippen molar-refractivity contribution in [2.75, 3.05) is 0 Å². The summed E-state index contributed by atoms with van der Waals surface area (Å²) >= 11 is 0. The molecule has 0 bridgehead atoms. The first-order chi connectivity index (χ1) is 7.47. The van der Waals surface area contributed by atoms with E-state index in [9.17, 15) is 0 Å². The van der Waals surface area contributed by atoms with Crippen molar-refractivity contribution in [1.82, 2.24) is 0 Å². The zero-order valence-corrected chi connectivity index (χ0v) is 10.8. The lowest BCUT2D eigenvalue weighted by atomic mass is 9.91. The molecule has 0 spiro atoms. The maximum absolute atomic E-state index is 2.24. The summed E-state index contributed by atoms with van der Waals surface area (Å²) in [7, 11) is 0. The fourth-order valence-corrected chi connectivity index (χ4v) is 1.88. The molecule has 0 atom stereocenters. The minimum absolute atomic E-state index is 1.34. The fourth-order valence-electron chi connectivity index (χ4n) is 1.88. The van der Waals surface area contributed by atoms with Crippen LogP contribution in [0.1, 0.15) is 59.8 Å². The van der Waals surface area contributed by atoms with Crippen molar-refractivity contribution in [3.63, 3.8) is 0 Å². The van der Waals surface area contributed by atoms with E-state index in [4.69, 9.17) is 0 Å². The molecule has 0 heteroatoms. The molecule has 0 nitrogen and oxygen atoms in total. The van der Waals surface area contributed by atoms with Gasteiger partial charge >= 0.3 is 0 Å². The van der Waals surface area contributed by atoms with Gasteiger partial charge in [0.25, 0.3) is 0 Å². The van der Waals surface area contributed by atoms with Gasteiger partial charge in [-0.1, -0.05) is 64.0 Å². The summed E-state index contributed by atoms with van der Waals surface area (Å²) in [6, 6.07) is 0. The number of rotatable bonds is 0. The molecule has 2 aliphatic rings. The maximum Gasteiger partial charge on any atom is -0.0265 e. The molecule has 0 heterocycles. The normalized spacial score (nSPS) is 17.9. The molecule has 1 fully saturated rings. The van der Waals surface area contributed by atoms with Crippen LogP contribution < -0.4 is 0 Å². The van der Waals surface area contributed by atoms with Gasteiger partial charge in [-0.25, -0.2) is 0 Å². The zero-order valence-electron chi connectivity index (χ0n) is 10.8. The third-order valence-corrected chi connectivity index (χ3v) is 2.53. The Morgan fingerprint density at radius 1 is 0.733 bits per heavy atom. The Morgan fingerprint density at radius 3 is 1.67 bits per heavy atom. The van der Waals surface area contributed by atoms with Gasteiger partial charge in [-0.05, 0) is 31.3 Å². The summed E-state index contributed by atoms with van der Waals surface area (Å²) in [6.45, 7) is 8.00. The van der Waals surface area contributed by atoms with Crippen LogP contribution in [-0.2, 0) is 0 Å². The van der Waals surface area contributed by atoms with Crippen LogP contribution in [0.25, 0.3) is 0 Å². The van der Waals surface area contributed by atoms with Crippen LogP contribution >= 0.6 is 0 Å². The first kappa shape index (κ1) is 14.2. The first-order valence-corrected chi connectivity index (χ1v) is 6.53. The molecule has 0 aliphatic heterocycles. The fraction of sp³-hybridized carbons (Fsp3) is 0.600. The van der Waals surface area contributed by atoms with Crippen molar-refractivity contribution in [2.24, 2.45) is 0 Å². The van der Waals surface area contributed by atoms with Gasteiger partial charge in [0.2, 0.25) is 0 Å². The second kappa shape index (κ2) is 9.76. The zero-order chi connectivity index (χ0) is 11.5. The van der Waals surface area contributed by atoms with Gasteiger partial charge in [0.15, 0.2) is 0 Å². The van der Waals surface area contributed by atoms with Gasteiger partial charge in [-0.2, -0.15) is 0 Å². The lowest BCUT2D eigenvalue weighted by molar-refractivity contribution is 0.597. The average molecular weight is 206 g/mol. The van der Waals surface area contributed by atoms with Crippen LogP contribution in [0, 0.1) is 0 Å². The Labute approximate surface area is 95.8 Å². The Hall–Kier alpha value is -0.780. The van der Waals surface area contributed by atoms with Gasteiger partial charge in [0.05, 0.1) is 0 Å². The predicted octanol–water partition coefficient (Wildman–Crippen LogP) is 5.43. The van der Waals surface area contributed by atoms with Crippen molar-refractivity contribution in [2.45, 2.75) is 59.8 Å². The molecule has 0 unspecified atom stereocenters. The molecule has 0 aromatic heterocycles. The van der Waals surface area contributed by atoms with E-state index < -0.39 is 0 Å². The van der Waals surface area contributed by atoms with Crippen LogP contribution in [0.3, 0.4) is 0 Å². The highest BCUT2D eigenvalue weighted by atomic mass is 14.1. The monoisotopic (exact) mass is 206 g/mol. The van der Waals surface area contributed by atoms with Crippen molar-refractivity contribution < 1.29 is 0 Å². The Kier molecular flexibility index (Phi) is 9.26. The average Bonchev–Trinajstić information content (AvgIpc) is 2.89. The lowest BCUT2D eigenvalue weighted by Gasteiger charge is -2.14. The van der Waals surface area contributed by atoms with E-state index in [0.717, 1.165) is 0 Å². The van der Waals surface area contributed by atoms with Crippen molar-refractivity contribution in [1.29, 1.82) is 0 Å². The number of hydrogen-bond acceptors (Lipinski definition) is 0. The van der Waals surface area contributed by atoms with Crippen molar-refractivity contribution in [3.8, 4) is 0 Å². The molecule has 2 aliphatic carbocycles. The smallest absolute Gasteiger partial charge is 0.0265 e. The van der Waals surface area contributed by atoms with Gasteiger partial charge in [-0.3, -0.25) is 0 Å². The summed E-state index contributed by atoms with van der Waals surface area (Å²) < 4.78 is 0. The molecule has 0 amide bonds. The Morgan fingerprint density at radius 2 is 1.20 bits per heavy atom. The van der Waals surface area contributed by atoms with Crippen LogP contribution in [0.2, 0.25) is 0 Å². The van der Waals surface area contributed by atoms with Crippen LogP contribution in [-0.4, -0.2) is 0 Å². The van der Waals surface area contributed by atoms with E-state index in [1.54, 1.807) is 5.57 Å². The molecule has 15 heavy (non-hydrogen) atoms. The van der Waals surface area contributed by atoms with Gasteiger partial charge in [0.1, 0.15) is 0 Å². The third kappa shape index (κ3) is 5.01. The van der Waals surface area contributed by atoms with Crippen molar-refractivity contribution in [3.05, 3.63) is 35.5 Å². The maximum atomic E-state index is 2.24. The highest BCUT2D eigenvalue weighted by Crippen LogP contribution is 2.27. The number of allylic oxidation sites excluding steroid dienone is 6. The summed E-state index contributed by atoms with van der Waals surface area (Å²) in [6.07, 6.45) is 15.7. The van der Waals surface area contributed by atoms with E-state index in [1.165, 1.54) is 37.7 Å². The van der Waals surface area contributed by atoms with E-state index in [0.29, 0.717) is 0 Å². The Bertz CT molecular complexity index is 206. The van der Waals surface area contributed by atoms with Crippen LogP contribution in [0.5, 0.6) is 0 Å². The molecule has 0 aromatic carbocycles. The van der Waals surface area contributed by atoms with Gasteiger partial charge in [0, 0.05) is 0 Å².